The fourth-order valence-electron chi connectivity index (χ4n) is 4.56. The molecule has 0 spiro atoms. The maximum Gasteiger partial charge on any atom is 0.409 e. The van der Waals surface area contributed by atoms with Crippen LogP contribution in [-0.2, 0) is 0 Å². The zero-order valence-corrected chi connectivity index (χ0v) is 26.5. The number of aliphatic imine (C=N–C) groups is 1. The molecule has 0 aromatic rings. The smallest absolute Gasteiger partial charge is 0.387 e. The first kappa shape index (κ1) is 41.1. The number of likely N-dealkylation sites (N-methyl/N-ethyl adjacent to an activating group) is 1. The molecular weight excluding hydrogens is 571 g/mol. The minimum Gasteiger partial charge on any atom is -0.387 e. The summed E-state index contributed by atoms with van der Waals surface area (Å²) in [5.41, 5.74) is 1.39. The van der Waals surface area contributed by atoms with Gasteiger partial charge in [-0.05, 0) is 37.8 Å². The molecule has 4 atom stereocenters. The molecule has 252 valence electrons. The van der Waals surface area contributed by atoms with Gasteiger partial charge in [0.2, 0.25) is 0 Å². The zero-order valence-electron chi connectivity index (χ0n) is 26.5. The van der Waals surface area contributed by atoms with Crippen LogP contribution in [0, 0.1) is 11.8 Å². The summed E-state index contributed by atoms with van der Waals surface area (Å²) in [4.78, 5) is 8.99. The summed E-state index contributed by atoms with van der Waals surface area (Å²) in [6, 6.07) is -0.0976. The molecule has 0 aromatic carbocycles. The molecule has 0 amide bonds. The van der Waals surface area contributed by atoms with Gasteiger partial charge in [0, 0.05) is 63.4 Å². The van der Waals surface area contributed by atoms with Crippen LogP contribution in [0.25, 0.3) is 0 Å². The Morgan fingerprint density at radius 2 is 1.80 bits per heavy atom. The normalized spacial score (nSPS) is 20.5. The lowest BCUT2D eigenvalue weighted by atomic mass is 9.98. The fourth-order valence-corrected chi connectivity index (χ4v) is 4.56. The van der Waals surface area contributed by atoms with Gasteiger partial charge in [-0.3, -0.25) is 9.89 Å². The van der Waals surface area contributed by atoms with Gasteiger partial charge in [0.05, 0.1) is 11.4 Å². The van der Waals surface area contributed by atoms with Crippen LogP contribution in [-0.4, -0.2) is 95.5 Å². The molecule has 1 saturated heterocycles. The van der Waals surface area contributed by atoms with E-state index < -0.39 is 18.7 Å². The Bertz CT molecular complexity index is 1030. The Labute approximate surface area is 263 Å². The molecule has 44 heavy (non-hydrogen) atoms. The second kappa shape index (κ2) is 21.0. The van der Waals surface area contributed by atoms with Crippen molar-refractivity contribution in [3.63, 3.8) is 0 Å². The summed E-state index contributed by atoms with van der Waals surface area (Å²) in [6.45, 7) is 17.0. The van der Waals surface area contributed by atoms with E-state index in [1.165, 1.54) is 6.08 Å². The summed E-state index contributed by atoms with van der Waals surface area (Å²) in [5.74, 6) is 0.838. The van der Waals surface area contributed by atoms with Crippen molar-refractivity contribution < 1.29 is 28.5 Å². The van der Waals surface area contributed by atoms with Gasteiger partial charge < -0.3 is 30.9 Å². The van der Waals surface area contributed by atoms with Gasteiger partial charge in [0.25, 0.3) is 0 Å². The third-order valence-corrected chi connectivity index (χ3v) is 7.25. The lowest BCUT2D eigenvalue weighted by Gasteiger charge is -2.40. The highest BCUT2D eigenvalue weighted by Gasteiger charge is 2.28. The van der Waals surface area contributed by atoms with E-state index in [9.17, 15) is 28.5 Å². The highest BCUT2D eigenvalue weighted by atomic mass is 19.4. The van der Waals surface area contributed by atoms with Gasteiger partial charge in [-0.15, -0.1) is 0 Å². The van der Waals surface area contributed by atoms with Gasteiger partial charge in [0.15, 0.2) is 6.29 Å². The van der Waals surface area contributed by atoms with Crippen LogP contribution >= 0.6 is 0 Å². The highest BCUT2D eigenvalue weighted by Crippen LogP contribution is 2.20. The number of rotatable bonds is 13. The monoisotopic (exact) mass is 627 g/mol. The molecule has 5 N–H and O–H groups in total. The topological polar surface area (TPSA) is 104 Å². The lowest BCUT2D eigenvalue weighted by molar-refractivity contribution is -0.0798. The SMILES string of the molecule is C.C=C(NC)/C(=C\C=C\C(F)(F)F)NC(C)C1C=CC(N2CCN(C(O)C(C)C/C=C(\C=C/CC)C(O)O)CC2)=NC1.CC. The molecule has 2 rings (SSSR count). The summed E-state index contributed by atoms with van der Waals surface area (Å²) in [5, 5.41) is 36.1. The standard InChI is InChI=1S/C30H46F3N5O3.C2H6.CH4/c1-6-7-9-24(29(40)41)12-11-21(2)28(39)38-18-16-37(17-19-38)27-14-13-25(20-35-27)22(3)36-26(23(4)34-5)10-8-15-30(31,32)33;1-2;/h7-10,12-15,21-22,25,28-29,34,36,39-41H,4,6,11,16-20H2,1-3,5H3;1-2H3;1H4/b9-7-,15-8+,24-12+,26-10+;;. The molecule has 0 radical (unpaired) electrons. The number of aliphatic hydroxyl groups is 3. The Balaban J connectivity index is 0.00000603. The maximum atomic E-state index is 12.5. The molecule has 1 fully saturated rings. The number of allylic oxidation sites excluding steroid dienone is 5. The van der Waals surface area contributed by atoms with Crippen LogP contribution < -0.4 is 10.6 Å². The number of aliphatic hydroxyl groups excluding tert-OH is 2. The number of hydrogen-bond acceptors (Lipinski definition) is 8. The van der Waals surface area contributed by atoms with Crippen LogP contribution in [0.1, 0.15) is 54.9 Å². The van der Waals surface area contributed by atoms with Gasteiger partial charge >= 0.3 is 6.18 Å². The van der Waals surface area contributed by atoms with Gasteiger partial charge in [-0.1, -0.05) is 72.1 Å². The number of dihydropyridines is 1. The average Bonchev–Trinajstić information content (AvgIpc) is 3.00. The van der Waals surface area contributed by atoms with Crippen molar-refractivity contribution in [3.05, 3.63) is 72.2 Å². The number of alkyl halides is 3. The Hall–Kier alpha value is -2.86. The second-order valence-corrected chi connectivity index (χ2v) is 10.4. The molecule has 0 aromatic heterocycles. The van der Waals surface area contributed by atoms with Crippen LogP contribution in [0.4, 0.5) is 13.2 Å². The van der Waals surface area contributed by atoms with Crippen molar-refractivity contribution in [2.45, 2.75) is 79.6 Å². The fraction of sp³-hybridized carbons (Fsp3) is 0.606. The first-order chi connectivity index (χ1) is 20.4. The minimum absolute atomic E-state index is 0. The van der Waals surface area contributed by atoms with E-state index >= 15 is 0 Å². The molecule has 4 unspecified atom stereocenters. The molecular formula is C33H56F3N5O3. The molecule has 11 heteroatoms. The number of nitrogens with one attached hydrogen (secondary N) is 2. The van der Waals surface area contributed by atoms with Crippen LogP contribution in [0.15, 0.2) is 77.1 Å². The first-order valence-electron chi connectivity index (χ1n) is 15.1. The Morgan fingerprint density at radius 3 is 2.30 bits per heavy atom. The predicted molar refractivity (Wildman–Crippen MR) is 176 cm³/mol. The van der Waals surface area contributed by atoms with E-state index in [-0.39, 0.29) is 31.4 Å². The van der Waals surface area contributed by atoms with Crippen molar-refractivity contribution in [3.8, 4) is 0 Å². The molecule has 2 heterocycles. The van der Waals surface area contributed by atoms with Gasteiger partial charge in [0.1, 0.15) is 12.1 Å². The summed E-state index contributed by atoms with van der Waals surface area (Å²) in [6.07, 6.45) is 6.61. The van der Waals surface area contributed by atoms with E-state index in [1.54, 1.807) is 19.2 Å². The molecule has 8 nitrogen and oxygen atoms in total. The Kier molecular flexibility index (Phi) is 19.6. The molecule has 2 aliphatic heterocycles. The van der Waals surface area contributed by atoms with Gasteiger partial charge in [-0.2, -0.15) is 13.2 Å². The summed E-state index contributed by atoms with van der Waals surface area (Å²) >= 11 is 0. The van der Waals surface area contributed by atoms with Crippen LogP contribution in [0.3, 0.4) is 0 Å². The van der Waals surface area contributed by atoms with Crippen molar-refractivity contribution in [1.82, 2.24) is 20.4 Å². The lowest BCUT2D eigenvalue weighted by Crippen LogP contribution is -2.53. The summed E-state index contributed by atoms with van der Waals surface area (Å²) < 4.78 is 37.5. The third-order valence-electron chi connectivity index (χ3n) is 7.25. The molecule has 0 bridgehead atoms. The van der Waals surface area contributed by atoms with Crippen LogP contribution in [0.2, 0.25) is 0 Å². The Morgan fingerprint density at radius 1 is 1.16 bits per heavy atom. The van der Waals surface area contributed by atoms with Crippen molar-refractivity contribution in [2.24, 2.45) is 16.8 Å². The third kappa shape index (κ3) is 14.3. The van der Waals surface area contributed by atoms with Crippen molar-refractivity contribution in [1.29, 1.82) is 0 Å². The largest absolute Gasteiger partial charge is 0.409 e. The highest BCUT2D eigenvalue weighted by molar-refractivity contribution is 5.93. The number of halogens is 3. The number of amidine groups is 1. The summed E-state index contributed by atoms with van der Waals surface area (Å²) in [7, 11) is 1.66. The number of hydrogen-bond donors (Lipinski definition) is 5. The average molecular weight is 628 g/mol. The van der Waals surface area contributed by atoms with E-state index in [4.69, 9.17) is 4.99 Å². The zero-order chi connectivity index (χ0) is 32.6. The predicted octanol–water partition coefficient (Wildman–Crippen LogP) is 5.11. The molecule has 0 aliphatic carbocycles. The van der Waals surface area contributed by atoms with Crippen LogP contribution in [0.5, 0.6) is 0 Å². The minimum atomic E-state index is -4.38. The van der Waals surface area contributed by atoms with Crippen molar-refractivity contribution >= 4 is 5.84 Å². The van der Waals surface area contributed by atoms with E-state index in [1.807, 2.05) is 51.7 Å². The number of nitrogens with zero attached hydrogens (tertiary/aromatic N) is 3. The molecule has 2 aliphatic rings. The van der Waals surface area contributed by atoms with Crippen molar-refractivity contribution in [2.75, 3.05) is 39.8 Å². The van der Waals surface area contributed by atoms with E-state index in [0.29, 0.717) is 56.1 Å². The van der Waals surface area contributed by atoms with Gasteiger partial charge in [-0.25, -0.2) is 0 Å². The van der Waals surface area contributed by atoms with E-state index in [0.717, 1.165) is 18.3 Å². The van der Waals surface area contributed by atoms with E-state index in [2.05, 4.69) is 28.2 Å². The quantitative estimate of drug-likeness (QED) is 0.143. The number of piperazine rings is 1. The second-order valence-electron chi connectivity index (χ2n) is 10.4. The maximum absolute atomic E-state index is 12.5. The first-order valence-corrected chi connectivity index (χ1v) is 15.1. The molecule has 0 saturated carbocycles.